The third-order valence-corrected chi connectivity index (χ3v) is 4.11. The van der Waals surface area contributed by atoms with Crippen molar-refractivity contribution in [1.29, 1.82) is 0 Å². The fourth-order valence-corrected chi connectivity index (χ4v) is 2.43. The van der Waals surface area contributed by atoms with Crippen LogP contribution in [0.4, 0.5) is 0 Å². The minimum atomic E-state index is -0.499. The monoisotopic (exact) mass is 392 g/mol. The Bertz CT molecular complexity index is 739. The van der Waals surface area contributed by atoms with Crippen LogP contribution in [-0.4, -0.2) is 33.2 Å². The molecule has 1 N–H and O–H groups in total. The van der Waals surface area contributed by atoms with E-state index in [2.05, 4.69) is 15.4 Å². The summed E-state index contributed by atoms with van der Waals surface area (Å²) in [4.78, 5) is 28.0. The van der Waals surface area contributed by atoms with E-state index < -0.39 is 11.5 Å². The Labute approximate surface area is 164 Å². The Kier molecular flexibility index (Phi) is 7.36. The molecule has 8 heteroatoms. The van der Waals surface area contributed by atoms with Gasteiger partial charge in [0.1, 0.15) is 18.8 Å². The van der Waals surface area contributed by atoms with Crippen LogP contribution in [0.5, 0.6) is 0 Å². The zero-order valence-corrected chi connectivity index (χ0v) is 16.6. The maximum absolute atomic E-state index is 12.3. The van der Waals surface area contributed by atoms with Crippen LogP contribution in [0.15, 0.2) is 36.9 Å². The van der Waals surface area contributed by atoms with E-state index in [0.717, 1.165) is 5.56 Å². The molecule has 0 fully saturated rings. The third-order valence-electron chi connectivity index (χ3n) is 3.86. The smallest absolute Gasteiger partial charge is 0.306 e. The average Bonchev–Trinajstić information content (AvgIpc) is 3.11. The molecule has 1 atom stereocenters. The van der Waals surface area contributed by atoms with Crippen LogP contribution < -0.4 is 5.32 Å². The number of benzene rings is 1. The minimum Gasteiger partial charge on any atom is -0.455 e. The lowest BCUT2D eigenvalue weighted by molar-refractivity contribution is -0.150. The molecule has 1 heterocycles. The van der Waals surface area contributed by atoms with Crippen LogP contribution in [0.25, 0.3) is 0 Å². The number of hydrogen-bond donors (Lipinski definition) is 1. The highest BCUT2D eigenvalue weighted by Crippen LogP contribution is 2.22. The molecule has 1 aromatic heterocycles. The van der Waals surface area contributed by atoms with Gasteiger partial charge in [0.05, 0.1) is 6.54 Å². The molecule has 0 aliphatic carbocycles. The van der Waals surface area contributed by atoms with Crippen molar-refractivity contribution in [2.24, 2.45) is 5.41 Å². The van der Waals surface area contributed by atoms with Crippen molar-refractivity contribution in [2.45, 2.75) is 46.3 Å². The topological polar surface area (TPSA) is 86.1 Å². The van der Waals surface area contributed by atoms with Crippen molar-refractivity contribution in [3.05, 3.63) is 47.5 Å². The Morgan fingerprint density at radius 3 is 2.56 bits per heavy atom. The molecule has 146 valence electrons. The molecular weight excluding hydrogens is 368 g/mol. The van der Waals surface area contributed by atoms with Crippen molar-refractivity contribution in [3.63, 3.8) is 0 Å². The first kappa shape index (κ1) is 20.9. The summed E-state index contributed by atoms with van der Waals surface area (Å²) in [5.41, 5.74) is 0.377. The summed E-state index contributed by atoms with van der Waals surface area (Å²) in [6.07, 6.45) is 3.22. The molecule has 27 heavy (non-hydrogen) atoms. The van der Waals surface area contributed by atoms with Gasteiger partial charge in [-0.05, 0) is 24.1 Å². The highest BCUT2D eigenvalue weighted by atomic mass is 35.5. The predicted molar refractivity (Wildman–Crippen MR) is 102 cm³/mol. The molecule has 1 amide bonds. The van der Waals surface area contributed by atoms with Gasteiger partial charge in [0.15, 0.2) is 0 Å². The number of esters is 1. The summed E-state index contributed by atoms with van der Waals surface area (Å²) in [6.45, 7) is 6.32. The number of ether oxygens (including phenoxy) is 1. The van der Waals surface area contributed by atoms with Crippen LogP contribution in [0.2, 0.25) is 5.02 Å². The maximum Gasteiger partial charge on any atom is 0.306 e. The number of amides is 1. The Hall–Kier alpha value is -2.41. The van der Waals surface area contributed by atoms with E-state index in [1.54, 1.807) is 23.1 Å². The standard InChI is InChI=1S/C19H25ClN4O3/c1-19(2,3)18(26)22-10-4-5-17(25)27-16(11-24-13-21-12-23-24)14-6-8-15(20)9-7-14/h6-9,12-13,16H,4-5,10-11H2,1-3H3,(H,22,26)/t16-/m0/s1. The van der Waals surface area contributed by atoms with Crippen LogP contribution in [0.1, 0.15) is 45.3 Å². The lowest BCUT2D eigenvalue weighted by atomic mass is 9.96. The quantitative estimate of drug-likeness (QED) is 0.550. The van der Waals surface area contributed by atoms with Crippen LogP contribution in [-0.2, 0) is 20.9 Å². The molecule has 0 radical (unpaired) electrons. The predicted octanol–water partition coefficient (Wildman–Crippen LogP) is 3.16. The molecule has 0 bridgehead atoms. The van der Waals surface area contributed by atoms with Crippen molar-refractivity contribution in [1.82, 2.24) is 20.1 Å². The van der Waals surface area contributed by atoms with E-state index >= 15 is 0 Å². The van der Waals surface area contributed by atoms with Gasteiger partial charge in [-0.2, -0.15) is 5.10 Å². The summed E-state index contributed by atoms with van der Waals surface area (Å²) in [5.74, 6) is -0.374. The number of carbonyl (C=O) groups is 2. The van der Waals surface area contributed by atoms with Crippen molar-refractivity contribution < 1.29 is 14.3 Å². The number of nitrogens with one attached hydrogen (secondary N) is 1. The zero-order valence-electron chi connectivity index (χ0n) is 15.8. The molecule has 0 aliphatic rings. The summed E-state index contributed by atoms with van der Waals surface area (Å²) in [5, 5.41) is 7.50. The third kappa shape index (κ3) is 7.02. The summed E-state index contributed by atoms with van der Waals surface area (Å²) in [7, 11) is 0. The van der Waals surface area contributed by atoms with Crippen molar-refractivity contribution in [2.75, 3.05) is 6.54 Å². The molecule has 2 rings (SSSR count). The minimum absolute atomic E-state index is 0.0407. The number of nitrogens with zero attached hydrogens (tertiary/aromatic N) is 3. The molecule has 0 aliphatic heterocycles. The fourth-order valence-electron chi connectivity index (χ4n) is 2.30. The summed E-state index contributed by atoms with van der Waals surface area (Å²) >= 11 is 5.94. The second-order valence-corrected chi connectivity index (χ2v) is 7.69. The van der Waals surface area contributed by atoms with Gasteiger partial charge < -0.3 is 10.1 Å². The van der Waals surface area contributed by atoms with Crippen LogP contribution >= 0.6 is 11.6 Å². The van der Waals surface area contributed by atoms with Gasteiger partial charge >= 0.3 is 5.97 Å². The fraction of sp³-hybridized carbons (Fsp3) is 0.474. The van der Waals surface area contributed by atoms with E-state index in [-0.39, 0.29) is 18.3 Å². The van der Waals surface area contributed by atoms with Crippen molar-refractivity contribution >= 4 is 23.5 Å². The van der Waals surface area contributed by atoms with Gasteiger partial charge in [-0.25, -0.2) is 9.67 Å². The molecular formula is C19H25ClN4O3. The molecule has 2 aromatic rings. The van der Waals surface area contributed by atoms with Gasteiger partial charge in [-0.1, -0.05) is 44.5 Å². The SMILES string of the molecule is CC(C)(C)C(=O)NCCCC(=O)O[C@@H](Cn1cncn1)c1ccc(Cl)cc1. The lowest BCUT2D eigenvalue weighted by Gasteiger charge is -2.19. The first-order valence-corrected chi connectivity index (χ1v) is 9.19. The number of hydrogen-bond acceptors (Lipinski definition) is 5. The van der Waals surface area contributed by atoms with E-state index in [1.807, 2.05) is 32.9 Å². The van der Waals surface area contributed by atoms with E-state index in [4.69, 9.17) is 16.3 Å². The molecule has 0 saturated heterocycles. The van der Waals surface area contributed by atoms with Gasteiger partial charge in [0.25, 0.3) is 0 Å². The Balaban J connectivity index is 1.89. The molecule has 0 unspecified atom stereocenters. The summed E-state index contributed by atoms with van der Waals surface area (Å²) in [6, 6.07) is 7.14. The average molecular weight is 393 g/mol. The maximum atomic E-state index is 12.3. The molecule has 7 nitrogen and oxygen atoms in total. The van der Waals surface area contributed by atoms with E-state index in [9.17, 15) is 9.59 Å². The zero-order chi connectivity index (χ0) is 19.9. The molecule has 0 spiro atoms. The first-order chi connectivity index (χ1) is 12.8. The number of aromatic nitrogens is 3. The highest BCUT2D eigenvalue weighted by Gasteiger charge is 2.21. The largest absolute Gasteiger partial charge is 0.455 e. The lowest BCUT2D eigenvalue weighted by Crippen LogP contribution is -2.35. The molecule has 0 saturated carbocycles. The number of carbonyl (C=O) groups excluding carboxylic acids is 2. The van der Waals surface area contributed by atoms with Gasteiger partial charge in [0.2, 0.25) is 5.91 Å². The van der Waals surface area contributed by atoms with Gasteiger partial charge in [-0.15, -0.1) is 0 Å². The first-order valence-electron chi connectivity index (χ1n) is 8.81. The van der Waals surface area contributed by atoms with Gasteiger partial charge in [-0.3, -0.25) is 9.59 Å². The number of rotatable bonds is 8. The Morgan fingerprint density at radius 1 is 1.26 bits per heavy atom. The summed E-state index contributed by atoms with van der Waals surface area (Å²) < 4.78 is 7.25. The normalized spacial score (nSPS) is 12.4. The second kappa shape index (κ2) is 9.50. The van der Waals surface area contributed by atoms with Gasteiger partial charge in [0, 0.05) is 23.4 Å². The van der Waals surface area contributed by atoms with Crippen LogP contribution in [0.3, 0.4) is 0 Å². The highest BCUT2D eigenvalue weighted by molar-refractivity contribution is 6.30. The second-order valence-electron chi connectivity index (χ2n) is 7.26. The van der Waals surface area contributed by atoms with Crippen LogP contribution in [0, 0.1) is 5.41 Å². The Morgan fingerprint density at radius 2 is 1.96 bits per heavy atom. The van der Waals surface area contributed by atoms with Crippen molar-refractivity contribution in [3.8, 4) is 0 Å². The van der Waals surface area contributed by atoms with E-state index in [0.29, 0.717) is 24.5 Å². The molecule has 1 aromatic carbocycles. The van der Waals surface area contributed by atoms with E-state index in [1.165, 1.54) is 6.33 Å². The number of halogens is 1.